The van der Waals surface area contributed by atoms with Gasteiger partial charge in [0, 0.05) is 18.7 Å². The van der Waals surface area contributed by atoms with Gasteiger partial charge in [-0.1, -0.05) is 0 Å². The summed E-state index contributed by atoms with van der Waals surface area (Å²) in [6.45, 7) is 5.99. The van der Waals surface area contributed by atoms with Crippen LogP contribution in [0.2, 0.25) is 0 Å². The average molecular weight is 253 g/mol. The third kappa shape index (κ3) is 4.20. The number of aromatic nitrogens is 2. The highest BCUT2D eigenvalue weighted by Crippen LogP contribution is 2.04. The van der Waals surface area contributed by atoms with Crippen LogP contribution < -0.4 is 5.32 Å². The molecule has 0 unspecified atom stereocenters. The molecular weight excluding hydrogens is 234 g/mol. The largest absolute Gasteiger partial charge is 0.480 e. The molecule has 0 fully saturated rings. The van der Waals surface area contributed by atoms with E-state index in [9.17, 15) is 9.59 Å². The Morgan fingerprint density at radius 2 is 2.17 bits per heavy atom. The van der Waals surface area contributed by atoms with Crippen LogP contribution in [0.3, 0.4) is 0 Å². The first-order valence-corrected chi connectivity index (χ1v) is 5.93. The van der Waals surface area contributed by atoms with Crippen molar-refractivity contribution in [2.75, 3.05) is 0 Å². The first-order valence-electron chi connectivity index (χ1n) is 5.93. The lowest BCUT2D eigenvalue weighted by Crippen LogP contribution is -2.38. The number of carboxylic acids is 1. The van der Waals surface area contributed by atoms with Gasteiger partial charge in [0.1, 0.15) is 6.04 Å². The van der Waals surface area contributed by atoms with Crippen LogP contribution in [0, 0.1) is 13.8 Å². The average Bonchev–Trinajstić information content (AvgIpc) is 2.57. The minimum Gasteiger partial charge on any atom is -0.480 e. The lowest BCUT2D eigenvalue weighted by molar-refractivity contribution is -0.141. The minimum atomic E-state index is -1.03. The van der Waals surface area contributed by atoms with E-state index >= 15 is 0 Å². The summed E-state index contributed by atoms with van der Waals surface area (Å²) in [4.78, 5) is 22.0. The zero-order valence-electron chi connectivity index (χ0n) is 10.9. The molecule has 6 nitrogen and oxygen atoms in total. The Morgan fingerprint density at radius 3 is 2.67 bits per heavy atom. The molecule has 1 aromatic heterocycles. The molecule has 0 aliphatic heterocycles. The van der Waals surface area contributed by atoms with Gasteiger partial charge in [-0.2, -0.15) is 5.10 Å². The Hall–Kier alpha value is -1.85. The smallest absolute Gasteiger partial charge is 0.325 e. The Bertz CT molecular complexity index is 440. The first-order chi connectivity index (χ1) is 8.40. The maximum atomic E-state index is 11.4. The summed E-state index contributed by atoms with van der Waals surface area (Å²) in [5.41, 5.74) is 2.02. The third-order valence-electron chi connectivity index (χ3n) is 2.63. The fraction of sp³-hybridized carbons (Fsp3) is 0.583. The van der Waals surface area contributed by atoms with Gasteiger partial charge in [-0.15, -0.1) is 0 Å². The van der Waals surface area contributed by atoms with Crippen LogP contribution in [0.25, 0.3) is 0 Å². The number of aryl methyl sites for hydroxylation is 3. The van der Waals surface area contributed by atoms with Crippen molar-refractivity contribution in [3.8, 4) is 0 Å². The topological polar surface area (TPSA) is 84.2 Å². The molecule has 2 N–H and O–H groups in total. The van der Waals surface area contributed by atoms with Crippen molar-refractivity contribution in [3.63, 3.8) is 0 Å². The van der Waals surface area contributed by atoms with Gasteiger partial charge in [0.05, 0.1) is 5.69 Å². The van der Waals surface area contributed by atoms with E-state index in [1.165, 1.54) is 6.92 Å². The summed E-state index contributed by atoms with van der Waals surface area (Å²) in [5.74, 6) is -1.27. The van der Waals surface area contributed by atoms with Crippen LogP contribution in [-0.2, 0) is 16.1 Å². The number of nitrogens with zero attached hydrogens (tertiary/aromatic N) is 2. The molecule has 1 aromatic rings. The Morgan fingerprint density at radius 1 is 1.50 bits per heavy atom. The number of nitrogens with one attached hydrogen (secondary N) is 1. The molecule has 18 heavy (non-hydrogen) atoms. The van der Waals surface area contributed by atoms with Crippen LogP contribution in [-0.4, -0.2) is 32.8 Å². The molecule has 0 saturated heterocycles. The minimum absolute atomic E-state index is 0.244. The fourth-order valence-electron chi connectivity index (χ4n) is 1.67. The maximum absolute atomic E-state index is 11.4. The molecule has 0 spiro atoms. The van der Waals surface area contributed by atoms with Gasteiger partial charge in [0.25, 0.3) is 0 Å². The van der Waals surface area contributed by atoms with E-state index in [1.807, 2.05) is 24.6 Å². The highest BCUT2D eigenvalue weighted by Gasteiger charge is 2.13. The summed E-state index contributed by atoms with van der Waals surface area (Å²) in [7, 11) is 0. The van der Waals surface area contributed by atoms with Crippen molar-refractivity contribution in [2.24, 2.45) is 0 Å². The van der Waals surface area contributed by atoms with Gasteiger partial charge >= 0.3 is 5.97 Å². The number of rotatable bonds is 6. The molecule has 0 bridgehead atoms. The number of aliphatic carboxylic acids is 1. The van der Waals surface area contributed by atoms with E-state index in [2.05, 4.69) is 10.4 Å². The van der Waals surface area contributed by atoms with Crippen LogP contribution in [0.5, 0.6) is 0 Å². The summed E-state index contributed by atoms with van der Waals surface area (Å²) >= 11 is 0. The third-order valence-corrected chi connectivity index (χ3v) is 2.63. The van der Waals surface area contributed by atoms with Gasteiger partial charge in [0.2, 0.25) is 5.91 Å². The number of carbonyl (C=O) groups excluding carboxylic acids is 1. The number of carboxylic acid groups (broad SMARTS) is 1. The van der Waals surface area contributed by atoms with E-state index in [1.54, 1.807) is 0 Å². The van der Waals surface area contributed by atoms with E-state index in [-0.39, 0.29) is 5.91 Å². The van der Waals surface area contributed by atoms with Crippen molar-refractivity contribution in [3.05, 3.63) is 17.5 Å². The van der Waals surface area contributed by atoms with Gasteiger partial charge in [-0.3, -0.25) is 14.3 Å². The van der Waals surface area contributed by atoms with Crippen LogP contribution in [0.4, 0.5) is 0 Å². The van der Waals surface area contributed by atoms with E-state index < -0.39 is 12.0 Å². The molecule has 1 rings (SSSR count). The number of carbonyl (C=O) groups is 2. The summed E-state index contributed by atoms with van der Waals surface area (Å²) in [6.07, 6.45) is 0.941. The number of hydrogen-bond donors (Lipinski definition) is 2. The Labute approximate surface area is 106 Å². The standard InChI is InChI=1S/C12H19N3O3/c1-8-7-9(2)15(14-8)6-4-5-11(16)13-10(3)12(17)18/h7,10H,4-6H2,1-3H3,(H,13,16)(H,17,18)/t10-/m0/s1. The fourth-order valence-corrected chi connectivity index (χ4v) is 1.67. The van der Waals surface area contributed by atoms with Gasteiger partial charge < -0.3 is 10.4 Å². The predicted octanol–water partition coefficient (Wildman–Crippen LogP) is 0.869. The molecule has 1 amide bonds. The van der Waals surface area contributed by atoms with Crippen LogP contribution >= 0.6 is 0 Å². The number of amides is 1. The quantitative estimate of drug-likeness (QED) is 0.787. The summed E-state index contributed by atoms with van der Waals surface area (Å²) in [6, 6.07) is 1.14. The monoisotopic (exact) mass is 253 g/mol. The normalized spacial score (nSPS) is 12.2. The molecule has 0 aliphatic rings. The van der Waals surface area contributed by atoms with Gasteiger partial charge in [-0.25, -0.2) is 0 Å². The highest BCUT2D eigenvalue weighted by molar-refractivity contribution is 5.83. The first kappa shape index (κ1) is 14.2. The molecule has 6 heteroatoms. The van der Waals surface area contributed by atoms with Crippen molar-refractivity contribution < 1.29 is 14.7 Å². The zero-order valence-corrected chi connectivity index (χ0v) is 10.9. The van der Waals surface area contributed by atoms with Crippen LogP contribution in [0.1, 0.15) is 31.2 Å². The Kier molecular flexibility index (Phi) is 4.88. The second-order valence-corrected chi connectivity index (χ2v) is 4.38. The summed E-state index contributed by atoms with van der Waals surface area (Å²) < 4.78 is 1.85. The van der Waals surface area contributed by atoms with Crippen LogP contribution in [0.15, 0.2) is 6.07 Å². The SMILES string of the molecule is Cc1cc(C)n(CCCC(=O)N[C@@H](C)C(=O)O)n1. The molecule has 0 aromatic carbocycles. The number of hydrogen-bond acceptors (Lipinski definition) is 3. The van der Waals surface area contributed by atoms with Gasteiger partial charge in [0.15, 0.2) is 0 Å². The molecular formula is C12H19N3O3. The molecule has 100 valence electrons. The van der Waals surface area contributed by atoms with Crippen molar-refractivity contribution in [2.45, 2.75) is 46.2 Å². The molecule has 0 radical (unpaired) electrons. The lowest BCUT2D eigenvalue weighted by atomic mass is 10.2. The zero-order chi connectivity index (χ0) is 13.7. The van der Waals surface area contributed by atoms with E-state index in [4.69, 9.17) is 5.11 Å². The molecule has 1 heterocycles. The highest BCUT2D eigenvalue weighted by atomic mass is 16.4. The second-order valence-electron chi connectivity index (χ2n) is 4.38. The van der Waals surface area contributed by atoms with Crippen molar-refractivity contribution >= 4 is 11.9 Å². The van der Waals surface area contributed by atoms with Gasteiger partial charge in [-0.05, 0) is 33.3 Å². The van der Waals surface area contributed by atoms with E-state index in [0.717, 1.165) is 11.4 Å². The van der Waals surface area contributed by atoms with Crippen molar-refractivity contribution in [1.82, 2.24) is 15.1 Å². The Balaban J connectivity index is 2.32. The molecule has 0 aliphatic carbocycles. The molecule has 1 atom stereocenters. The lowest BCUT2D eigenvalue weighted by Gasteiger charge is -2.09. The second kappa shape index (κ2) is 6.18. The van der Waals surface area contributed by atoms with Crippen molar-refractivity contribution in [1.29, 1.82) is 0 Å². The maximum Gasteiger partial charge on any atom is 0.325 e. The molecule has 0 saturated carbocycles. The predicted molar refractivity (Wildman–Crippen MR) is 66.2 cm³/mol. The van der Waals surface area contributed by atoms with E-state index in [0.29, 0.717) is 19.4 Å². The summed E-state index contributed by atoms with van der Waals surface area (Å²) in [5, 5.41) is 15.3.